The van der Waals surface area contributed by atoms with Crippen LogP contribution in [0.25, 0.3) is 0 Å². The first-order valence-corrected chi connectivity index (χ1v) is 29.8. The van der Waals surface area contributed by atoms with Gasteiger partial charge >= 0.3 is 10.4 Å². The van der Waals surface area contributed by atoms with Crippen molar-refractivity contribution in [3.63, 3.8) is 0 Å². The van der Waals surface area contributed by atoms with E-state index in [1.54, 1.807) is 0 Å². The lowest BCUT2D eigenvalue weighted by Gasteiger charge is -2.41. The Morgan fingerprint density at radius 1 is 0.537 bits per heavy atom. The van der Waals surface area contributed by atoms with Crippen LogP contribution in [0.4, 0.5) is 0 Å². The van der Waals surface area contributed by atoms with Crippen molar-refractivity contribution in [2.45, 2.75) is 326 Å². The SMILES string of the molecule is CCCCCCCCCCCCCCCCCCCCCCCCCCCCCCCC(=O)NC(COC1OC(CO)C(O)C(OS(=O)(=O)O)C1O)C(O)CCCCCCCCCCCCC. The molecule has 1 aliphatic rings. The third-order valence-electron chi connectivity index (χ3n) is 13.9. The number of nitrogens with one attached hydrogen (secondary N) is 1. The molecule has 0 aromatic carbocycles. The predicted molar refractivity (Wildman–Crippen MR) is 273 cm³/mol. The van der Waals surface area contributed by atoms with E-state index < -0.39 is 59.9 Å². The standard InChI is InChI=1S/C54H107NO11S/c1-3-5-7-9-11-13-15-16-17-18-19-20-21-22-23-24-25-26-27-28-29-30-31-32-34-36-38-40-42-44-50(58)55-47(48(57)43-41-39-37-35-33-14-12-10-8-6-4-2)46-64-54-52(60)53(66-67(61,62)63)51(59)49(45-56)65-54/h47-49,51-54,56-57,59-60H,3-46H2,1-2H3,(H,55,58)(H,61,62,63). The van der Waals surface area contributed by atoms with Crippen LogP contribution in [0.5, 0.6) is 0 Å². The van der Waals surface area contributed by atoms with Gasteiger partial charge in [-0.05, 0) is 12.8 Å². The van der Waals surface area contributed by atoms with Crippen LogP contribution in [0.1, 0.15) is 284 Å². The van der Waals surface area contributed by atoms with Gasteiger partial charge in [-0.15, -0.1) is 0 Å². The largest absolute Gasteiger partial charge is 0.397 e. The molecule has 0 aliphatic carbocycles. The zero-order chi connectivity index (χ0) is 49.1. The maximum atomic E-state index is 13.1. The zero-order valence-electron chi connectivity index (χ0n) is 43.2. The van der Waals surface area contributed by atoms with Crippen molar-refractivity contribution < 1.29 is 51.8 Å². The van der Waals surface area contributed by atoms with Gasteiger partial charge in [0, 0.05) is 6.42 Å². The molecular formula is C54H107NO11S. The molecule has 1 saturated heterocycles. The summed E-state index contributed by atoms with van der Waals surface area (Å²) in [7, 11) is -5.07. The minimum Gasteiger partial charge on any atom is -0.394 e. The average molecular weight is 979 g/mol. The van der Waals surface area contributed by atoms with E-state index in [4.69, 9.17) is 9.47 Å². The molecule has 7 atom stereocenters. The second kappa shape index (κ2) is 45.0. The third kappa shape index (κ3) is 37.5. The Morgan fingerprint density at radius 3 is 1.19 bits per heavy atom. The van der Waals surface area contributed by atoms with Crippen LogP contribution in [-0.2, 0) is 28.9 Å². The normalized spacial score (nSPS) is 19.8. The fraction of sp³-hybridized carbons (Fsp3) is 0.981. The van der Waals surface area contributed by atoms with E-state index in [9.17, 15) is 38.2 Å². The number of aliphatic hydroxyl groups excluding tert-OH is 4. The molecule has 13 heteroatoms. The smallest absolute Gasteiger partial charge is 0.394 e. The van der Waals surface area contributed by atoms with Crippen LogP contribution in [0.2, 0.25) is 0 Å². The number of hydrogen-bond donors (Lipinski definition) is 6. The van der Waals surface area contributed by atoms with Gasteiger partial charge in [-0.3, -0.25) is 9.35 Å². The van der Waals surface area contributed by atoms with Crippen molar-refractivity contribution in [2.24, 2.45) is 0 Å². The Bertz CT molecular complexity index is 1200. The average Bonchev–Trinajstić information content (AvgIpc) is 3.30. The molecule has 0 aromatic heterocycles. The van der Waals surface area contributed by atoms with Gasteiger partial charge in [0.15, 0.2) is 6.29 Å². The molecule has 7 unspecified atom stereocenters. The molecule has 0 aromatic rings. The molecule has 6 N–H and O–H groups in total. The molecule has 1 rings (SSSR count). The van der Waals surface area contributed by atoms with Gasteiger partial charge in [0.05, 0.1) is 25.4 Å². The first-order chi connectivity index (χ1) is 32.5. The topological polar surface area (TPSA) is 192 Å². The summed E-state index contributed by atoms with van der Waals surface area (Å²) in [5.74, 6) is -0.224. The van der Waals surface area contributed by atoms with Gasteiger partial charge in [-0.2, -0.15) is 8.42 Å². The van der Waals surface area contributed by atoms with Crippen molar-refractivity contribution in [1.82, 2.24) is 5.32 Å². The minimum absolute atomic E-state index is 0.224. The van der Waals surface area contributed by atoms with Crippen LogP contribution in [0.15, 0.2) is 0 Å². The Balaban J connectivity index is 2.22. The van der Waals surface area contributed by atoms with Gasteiger partial charge in [-0.1, -0.05) is 264 Å². The van der Waals surface area contributed by atoms with E-state index in [-0.39, 0.29) is 12.5 Å². The summed E-state index contributed by atoms with van der Waals surface area (Å²) in [4.78, 5) is 13.1. The van der Waals surface area contributed by atoms with E-state index in [1.165, 1.54) is 205 Å². The van der Waals surface area contributed by atoms with Crippen molar-refractivity contribution in [2.75, 3.05) is 13.2 Å². The summed E-state index contributed by atoms with van der Waals surface area (Å²) in [5, 5.41) is 44.9. The maximum absolute atomic E-state index is 13.1. The third-order valence-corrected chi connectivity index (χ3v) is 14.4. The highest BCUT2D eigenvalue weighted by Gasteiger charge is 2.48. The van der Waals surface area contributed by atoms with Crippen molar-refractivity contribution in [3.05, 3.63) is 0 Å². The molecule has 1 aliphatic heterocycles. The second-order valence-corrected chi connectivity index (χ2v) is 21.3. The Labute approximate surface area is 411 Å². The van der Waals surface area contributed by atoms with Gasteiger partial charge in [-0.25, -0.2) is 4.18 Å². The fourth-order valence-corrected chi connectivity index (χ4v) is 10.0. The summed E-state index contributed by atoms with van der Waals surface area (Å²) in [6.07, 6.45) is 42.8. The first-order valence-electron chi connectivity index (χ1n) is 28.4. The predicted octanol–water partition coefficient (Wildman–Crippen LogP) is 12.9. The summed E-state index contributed by atoms with van der Waals surface area (Å²) < 4.78 is 47.8. The van der Waals surface area contributed by atoms with Gasteiger partial charge in [0.1, 0.15) is 24.4 Å². The minimum atomic E-state index is -5.07. The van der Waals surface area contributed by atoms with E-state index in [1.807, 2.05) is 0 Å². The Morgan fingerprint density at radius 2 is 0.866 bits per heavy atom. The summed E-state index contributed by atoms with van der Waals surface area (Å²) >= 11 is 0. The molecule has 0 radical (unpaired) electrons. The fourth-order valence-electron chi connectivity index (χ4n) is 9.52. The van der Waals surface area contributed by atoms with E-state index >= 15 is 0 Å². The number of rotatable bonds is 50. The quantitative estimate of drug-likeness (QED) is 0.0251. The molecule has 1 amide bonds. The molecule has 0 saturated carbocycles. The lowest BCUT2D eigenvalue weighted by molar-refractivity contribution is -0.298. The Hall–Kier alpha value is -0.900. The summed E-state index contributed by atoms with van der Waals surface area (Å²) in [6, 6.07) is -0.851. The highest BCUT2D eigenvalue weighted by Crippen LogP contribution is 2.26. The first kappa shape index (κ1) is 64.1. The van der Waals surface area contributed by atoms with Crippen LogP contribution >= 0.6 is 0 Å². The van der Waals surface area contributed by atoms with Crippen molar-refractivity contribution in [3.8, 4) is 0 Å². The highest BCUT2D eigenvalue weighted by molar-refractivity contribution is 7.80. The van der Waals surface area contributed by atoms with E-state index in [0.717, 1.165) is 51.4 Å². The number of unbranched alkanes of at least 4 members (excludes halogenated alkanes) is 38. The van der Waals surface area contributed by atoms with Crippen LogP contribution in [0.3, 0.4) is 0 Å². The molecule has 0 bridgehead atoms. The highest BCUT2D eigenvalue weighted by atomic mass is 32.3. The van der Waals surface area contributed by atoms with E-state index in [2.05, 4.69) is 23.3 Å². The molecule has 1 fully saturated rings. The molecule has 12 nitrogen and oxygen atoms in total. The van der Waals surface area contributed by atoms with Crippen molar-refractivity contribution >= 4 is 16.3 Å². The lowest BCUT2D eigenvalue weighted by atomic mass is 9.99. The molecular weight excluding hydrogens is 871 g/mol. The van der Waals surface area contributed by atoms with Crippen LogP contribution < -0.4 is 5.32 Å². The second-order valence-electron chi connectivity index (χ2n) is 20.2. The number of hydrogen-bond acceptors (Lipinski definition) is 10. The lowest BCUT2D eigenvalue weighted by Crippen LogP contribution is -2.61. The van der Waals surface area contributed by atoms with Crippen LogP contribution in [-0.4, -0.2) is 95.4 Å². The van der Waals surface area contributed by atoms with Gasteiger partial charge < -0.3 is 35.2 Å². The Kier molecular flexibility index (Phi) is 43.1. The molecule has 0 spiro atoms. The number of aliphatic hydroxyl groups is 4. The summed E-state index contributed by atoms with van der Waals surface area (Å²) in [5.41, 5.74) is 0. The molecule has 400 valence electrons. The number of carbonyl (C=O) groups excluding carboxylic acids is 1. The number of ether oxygens (including phenoxy) is 2. The van der Waals surface area contributed by atoms with Gasteiger partial charge in [0.2, 0.25) is 5.91 Å². The van der Waals surface area contributed by atoms with Crippen LogP contribution in [0, 0.1) is 0 Å². The maximum Gasteiger partial charge on any atom is 0.397 e. The van der Waals surface area contributed by atoms with Crippen molar-refractivity contribution in [1.29, 1.82) is 0 Å². The monoisotopic (exact) mass is 978 g/mol. The van der Waals surface area contributed by atoms with Gasteiger partial charge in [0.25, 0.3) is 0 Å². The number of amides is 1. The molecule has 1 heterocycles. The summed E-state index contributed by atoms with van der Waals surface area (Å²) in [6.45, 7) is 3.47. The molecule has 67 heavy (non-hydrogen) atoms. The number of carbonyl (C=O) groups is 1. The zero-order valence-corrected chi connectivity index (χ0v) is 44.1. The van der Waals surface area contributed by atoms with E-state index in [0.29, 0.717) is 12.8 Å².